The van der Waals surface area contributed by atoms with E-state index in [0.29, 0.717) is 18.5 Å². The summed E-state index contributed by atoms with van der Waals surface area (Å²) in [5, 5.41) is 2.76. The number of rotatable bonds is 5. The van der Waals surface area contributed by atoms with Crippen LogP contribution in [-0.2, 0) is 20.8 Å². The number of anilines is 1. The molecule has 1 aliphatic carbocycles. The van der Waals surface area contributed by atoms with Gasteiger partial charge in [0.2, 0.25) is 5.91 Å². The predicted molar refractivity (Wildman–Crippen MR) is 86.2 cm³/mol. The molecule has 3 rings (SSSR count). The highest BCUT2D eigenvalue weighted by Gasteiger charge is 2.51. The maximum Gasteiger partial charge on any atom is 0.334 e. The van der Waals surface area contributed by atoms with Crippen LogP contribution < -0.4 is 5.32 Å². The Labute approximate surface area is 139 Å². The molecular weight excluding hydrogens is 310 g/mol. The zero-order valence-corrected chi connectivity index (χ0v) is 13.7. The van der Waals surface area contributed by atoms with Crippen LogP contribution in [0.5, 0.6) is 0 Å². The molecule has 7 heteroatoms. The molecule has 2 aliphatic rings. The zero-order chi connectivity index (χ0) is 17.4. The highest BCUT2D eigenvalue weighted by molar-refractivity contribution is 6.45. The summed E-state index contributed by atoms with van der Waals surface area (Å²) >= 11 is 0. The lowest BCUT2D eigenvalue weighted by Crippen LogP contribution is -2.39. The summed E-state index contributed by atoms with van der Waals surface area (Å²) in [6.07, 6.45) is 2.18. The summed E-state index contributed by atoms with van der Waals surface area (Å²) in [6, 6.07) is 4.81. The van der Waals surface area contributed by atoms with Crippen molar-refractivity contribution in [2.45, 2.75) is 39.2 Å². The van der Waals surface area contributed by atoms with Crippen molar-refractivity contribution in [1.29, 1.82) is 0 Å². The van der Waals surface area contributed by atoms with Gasteiger partial charge in [-0.1, -0.05) is 25.1 Å². The number of carbonyl (C=O) groups is 4. The zero-order valence-electron chi connectivity index (χ0n) is 13.7. The van der Waals surface area contributed by atoms with Crippen molar-refractivity contribution in [2.75, 3.05) is 11.9 Å². The van der Waals surface area contributed by atoms with Crippen LogP contribution >= 0.6 is 0 Å². The average molecular weight is 329 g/mol. The van der Waals surface area contributed by atoms with Crippen molar-refractivity contribution < 1.29 is 19.2 Å². The Morgan fingerprint density at radius 1 is 1.21 bits per heavy atom. The minimum atomic E-state index is -0.928. The smallest absolute Gasteiger partial charge is 0.324 e. The summed E-state index contributed by atoms with van der Waals surface area (Å²) in [5.41, 5.74) is 2.56. The Hall–Kier alpha value is -2.70. The molecule has 24 heavy (non-hydrogen) atoms. The second-order valence-electron chi connectivity index (χ2n) is 6.09. The number of hydrogen-bond donors (Lipinski definition) is 1. The Balaban J connectivity index is 1.72. The fourth-order valence-electron chi connectivity index (χ4n) is 2.84. The van der Waals surface area contributed by atoms with Crippen molar-refractivity contribution in [2.24, 2.45) is 0 Å². The van der Waals surface area contributed by atoms with E-state index in [1.807, 2.05) is 32.0 Å². The maximum absolute atomic E-state index is 12.3. The molecule has 0 radical (unpaired) electrons. The third-order valence-electron chi connectivity index (χ3n) is 4.30. The largest absolute Gasteiger partial charge is 0.334 e. The van der Waals surface area contributed by atoms with Crippen LogP contribution in [0.15, 0.2) is 18.2 Å². The van der Waals surface area contributed by atoms with Crippen LogP contribution in [0.1, 0.15) is 30.9 Å². The number of nitrogens with one attached hydrogen (secondary N) is 1. The van der Waals surface area contributed by atoms with Crippen molar-refractivity contribution in [3.63, 3.8) is 0 Å². The van der Waals surface area contributed by atoms with Gasteiger partial charge in [0.05, 0.1) is 0 Å². The van der Waals surface area contributed by atoms with E-state index in [0.717, 1.165) is 27.3 Å². The number of para-hydroxylation sites is 1. The van der Waals surface area contributed by atoms with Crippen molar-refractivity contribution in [3.8, 4) is 0 Å². The van der Waals surface area contributed by atoms with Gasteiger partial charge in [-0.2, -0.15) is 0 Å². The first-order chi connectivity index (χ1) is 11.4. The number of carbonyl (C=O) groups excluding carboxylic acids is 4. The number of hydrogen-bond acceptors (Lipinski definition) is 4. The SMILES string of the molecule is CCc1cccc(C)c1NC(=O)CN1C(=O)C(=O)N(C2CC2)C1=O. The molecule has 0 unspecified atom stereocenters. The van der Waals surface area contributed by atoms with E-state index in [4.69, 9.17) is 0 Å². The molecule has 126 valence electrons. The molecular formula is C17H19N3O4. The van der Waals surface area contributed by atoms with Crippen molar-refractivity contribution >= 4 is 29.4 Å². The number of amides is 5. The molecule has 1 aliphatic heterocycles. The van der Waals surface area contributed by atoms with E-state index in [-0.39, 0.29) is 6.04 Å². The maximum atomic E-state index is 12.3. The normalized spacial score (nSPS) is 17.7. The second kappa shape index (κ2) is 6.07. The molecule has 1 aromatic carbocycles. The van der Waals surface area contributed by atoms with Gasteiger partial charge in [0.15, 0.2) is 0 Å². The second-order valence-corrected chi connectivity index (χ2v) is 6.09. The van der Waals surface area contributed by atoms with Crippen LogP contribution in [0.2, 0.25) is 0 Å². The van der Waals surface area contributed by atoms with Gasteiger partial charge in [-0.15, -0.1) is 0 Å². The van der Waals surface area contributed by atoms with Crippen LogP contribution in [0, 0.1) is 6.92 Å². The molecule has 7 nitrogen and oxygen atoms in total. The van der Waals surface area contributed by atoms with Gasteiger partial charge in [-0.05, 0) is 37.3 Å². The number of imide groups is 2. The molecule has 1 saturated heterocycles. The lowest BCUT2D eigenvalue weighted by atomic mass is 10.1. The topological polar surface area (TPSA) is 86.8 Å². The number of aryl methyl sites for hydroxylation is 2. The lowest BCUT2D eigenvalue weighted by molar-refractivity contribution is -0.143. The Kier molecular flexibility index (Phi) is 4.09. The molecule has 0 bridgehead atoms. The lowest BCUT2D eigenvalue weighted by Gasteiger charge is -2.16. The first-order valence-corrected chi connectivity index (χ1v) is 8.01. The molecule has 0 spiro atoms. The summed E-state index contributed by atoms with van der Waals surface area (Å²) in [5.74, 6) is -2.26. The van der Waals surface area contributed by atoms with Gasteiger partial charge >= 0.3 is 17.8 Å². The van der Waals surface area contributed by atoms with E-state index in [1.54, 1.807) is 0 Å². The minimum absolute atomic E-state index is 0.190. The minimum Gasteiger partial charge on any atom is -0.324 e. The molecule has 5 amide bonds. The third-order valence-corrected chi connectivity index (χ3v) is 4.30. The van der Waals surface area contributed by atoms with Gasteiger partial charge in [-0.3, -0.25) is 19.3 Å². The summed E-state index contributed by atoms with van der Waals surface area (Å²) in [6.45, 7) is 3.40. The van der Waals surface area contributed by atoms with Crippen LogP contribution in [0.4, 0.5) is 10.5 Å². The van der Waals surface area contributed by atoms with Gasteiger partial charge in [0, 0.05) is 11.7 Å². The molecule has 0 atom stereocenters. The van der Waals surface area contributed by atoms with Crippen molar-refractivity contribution in [1.82, 2.24) is 9.80 Å². The van der Waals surface area contributed by atoms with Crippen molar-refractivity contribution in [3.05, 3.63) is 29.3 Å². The Morgan fingerprint density at radius 2 is 1.92 bits per heavy atom. The highest BCUT2D eigenvalue weighted by atomic mass is 16.2. The Morgan fingerprint density at radius 3 is 2.54 bits per heavy atom. The monoisotopic (exact) mass is 329 g/mol. The summed E-state index contributed by atoms with van der Waals surface area (Å²) in [7, 11) is 0. The van der Waals surface area contributed by atoms with Gasteiger partial charge in [0.1, 0.15) is 6.54 Å². The molecule has 1 saturated carbocycles. The molecule has 2 fully saturated rings. The summed E-state index contributed by atoms with van der Waals surface area (Å²) in [4.78, 5) is 50.1. The van der Waals surface area contributed by atoms with E-state index in [1.165, 1.54) is 0 Å². The van der Waals surface area contributed by atoms with E-state index in [9.17, 15) is 19.2 Å². The van der Waals surface area contributed by atoms with Gasteiger partial charge in [-0.25, -0.2) is 9.69 Å². The highest BCUT2D eigenvalue weighted by Crippen LogP contribution is 2.31. The standard InChI is InChI=1S/C17H19N3O4/c1-3-11-6-4-5-10(2)14(11)18-13(21)9-19-15(22)16(23)20(17(19)24)12-7-8-12/h4-6,12H,3,7-9H2,1-2H3,(H,18,21). The molecule has 1 aromatic rings. The third kappa shape index (κ3) is 2.77. The predicted octanol–water partition coefficient (Wildman–Crippen LogP) is 1.45. The van der Waals surface area contributed by atoms with E-state index < -0.39 is 30.3 Å². The number of benzene rings is 1. The van der Waals surface area contributed by atoms with Gasteiger partial charge < -0.3 is 5.32 Å². The molecule has 1 heterocycles. The van der Waals surface area contributed by atoms with Gasteiger partial charge in [0.25, 0.3) is 0 Å². The summed E-state index contributed by atoms with van der Waals surface area (Å²) < 4.78 is 0. The fraction of sp³-hybridized carbons (Fsp3) is 0.412. The first-order valence-electron chi connectivity index (χ1n) is 8.01. The van der Waals surface area contributed by atoms with E-state index in [2.05, 4.69) is 5.32 Å². The quantitative estimate of drug-likeness (QED) is 0.654. The number of nitrogens with zero attached hydrogens (tertiary/aromatic N) is 2. The van der Waals surface area contributed by atoms with Crippen LogP contribution in [0.3, 0.4) is 0 Å². The average Bonchev–Trinajstić information content (AvgIpc) is 3.35. The number of urea groups is 1. The molecule has 0 aromatic heterocycles. The van der Waals surface area contributed by atoms with Crippen LogP contribution in [-0.4, -0.2) is 46.1 Å². The van der Waals surface area contributed by atoms with Crippen LogP contribution in [0.25, 0.3) is 0 Å². The first kappa shape index (κ1) is 16.2. The fourth-order valence-corrected chi connectivity index (χ4v) is 2.84. The molecule has 1 N–H and O–H groups in total. The Bertz CT molecular complexity index is 739. The van der Waals surface area contributed by atoms with E-state index >= 15 is 0 Å².